The van der Waals surface area contributed by atoms with Gasteiger partial charge in [-0.2, -0.15) is 0 Å². The molecule has 0 aliphatic carbocycles. The van der Waals surface area contributed by atoms with Crippen LogP contribution in [0, 0.1) is 13.8 Å². The summed E-state index contributed by atoms with van der Waals surface area (Å²) < 4.78 is 0. The number of H-pyrrole nitrogens is 1. The number of aliphatic hydroxyl groups excluding tert-OH is 1. The van der Waals surface area contributed by atoms with Crippen LogP contribution in [0.2, 0.25) is 0 Å². The number of hydrogen-bond acceptors (Lipinski definition) is 2. The van der Waals surface area contributed by atoms with Crippen LogP contribution < -0.4 is 0 Å². The van der Waals surface area contributed by atoms with Gasteiger partial charge in [-0.05, 0) is 30.5 Å². The number of nitrogens with one attached hydrogen (secondary N) is 1. The number of aromatic nitrogens is 1. The van der Waals surface area contributed by atoms with Crippen LogP contribution in [-0.2, 0) is 0 Å². The number of rotatable bonds is 3. The minimum absolute atomic E-state index is 0.163. The molecule has 1 unspecified atom stereocenters. The van der Waals surface area contributed by atoms with Crippen LogP contribution in [0.3, 0.4) is 0 Å². The van der Waals surface area contributed by atoms with Crippen molar-refractivity contribution < 1.29 is 5.11 Å². The van der Waals surface area contributed by atoms with Gasteiger partial charge in [0.15, 0.2) is 0 Å². The number of aliphatic hydroxyl groups is 1. The molecule has 1 heterocycles. The lowest BCUT2D eigenvalue weighted by molar-refractivity contribution is 0.267. The number of azide groups is 1. The highest BCUT2D eigenvalue weighted by molar-refractivity contribution is 5.32. The first-order chi connectivity index (χ1) is 6.20. The standard InChI is InChI=1S/C8H12N4O/c1-5-3-10-6(2)8(5)7(4-13)11-12-9/h3,7,10,13H,4H2,1-2H3. The maximum absolute atomic E-state index is 9.00. The van der Waals surface area contributed by atoms with Crippen LogP contribution in [0.15, 0.2) is 11.3 Å². The van der Waals surface area contributed by atoms with E-state index in [0.717, 1.165) is 16.8 Å². The molecular formula is C8H12N4O. The lowest BCUT2D eigenvalue weighted by Gasteiger charge is -2.08. The highest BCUT2D eigenvalue weighted by atomic mass is 16.3. The van der Waals surface area contributed by atoms with Crippen LogP contribution in [0.5, 0.6) is 0 Å². The SMILES string of the molecule is Cc1c[nH]c(C)c1C(CO)N=[N+]=[N-]. The molecule has 5 nitrogen and oxygen atoms in total. The van der Waals surface area contributed by atoms with E-state index >= 15 is 0 Å². The molecule has 2 N–H and O–H groups in total. The molecule has 0 fully saturated rings. The van der Waals surface area contributed by atoms with E-state index in [-0.39, 0.29) is 6.61 Å². The van der Waals surface area contributed by atoms with Crippen molar-refractivity contribution in [2.45, 2.75) is 19.9 Å². The van der Waals surface area contributed by atoms with Gasteiger partial charge >= 0.3 is 0 Å². The Labute approximate surface area is 76.0 Å². The molecule has 0 radical (unpaired) electrons. The van der Waals surface area contributed by atoms with E-state index in [9.17, 15) is 0 Å². The quantitative estimate of drug-likeness (QED) is 0.416. The zero-order valence-electron chi connectivity index (χ0n) is 7.65. The van der Waals surface area contributed by atoms with Gasteiger partial charge in [0.1, 0.15) is 0 Å². The molecule has 0 aromatic carbocycles. The summed E-state index contributed by atoms with van der Waals surface area (Å²) in [4.78, 5) is 5.71. The third-order valence-electron chi connectivity index (χ3n) is 2.03. The summed E-state index contributed by atoms with van der Waals surface area (Å²) in [5.74, 6) is 0. The average Bonchev–Trinajstić information content (AvgIpc) is 2.43. The Morgan fingerprint density at radius 3 is 2.77 bits per heavy atom. The van der Waals surface area contributed by atoms with Crippen LogP contribution in [0.25, 0.3) is 10.4 Å². The molecule has 1 aromatic heterocycles. The van der Waals surface area contributed by atoms with Crippen LogP contribution in [-0.4, -0.2) is 16.7 Å². The van der Waals surface area contributed by atoms with Crippen molar-refractivity contribution in [2.24, 2.45) is 5.11 Å². The van der Waals surface area contributed by atoms with Crippen LogP contribution >= 0.6 is 0 Å². The zero-order valence-corrected chi connectivity index (χ0v) is 7.65. The molecular weight excluding hydrogens is 168 g/mol. The Hall–Kier alpha value is -1.45. The molecule has 13 heavy (non-hydrogen) atoms. The van der Waals surface area contributed by atoms with E-state index in [1.54, 1.807) is 0 Å². The van der Waals surface area contributed by atoms with Gasteiger partial charge in [0.25, 0.3) is 0 Å². The van der Waals surface area contributed by atoms with Crippen molar-refractivity contribution in [2.75, 3.05) is 6.61 Å². The number of aryl methyl sites for hydroxylation is 2. The van der Waals surface area contributed by atoms with Crippen LogP contribution in [0.1, 0.15) is 22.9 Å². The van der Waals surface area contributed by atoms with E-state index in [4.69, 9.17) is 10.6 Å². The maximum Gasteiger partial charge on any atom is 0.0876 e. The molecule has 70 valence electrons. The van der Waals surface area contributed by atoms with Gasteiger partial charge in [0.05, 0.1) is 12.6 Å². The molecule has 1 atom stereocenters. The Kier molecular flexibility index (Phi) is 2.95. The minimum atomic E-state index is -0.476. The van der Waals surface area contributed by atoms with Gasteiger partial charge in [-0.3, -0.25) is 0 Å². The summed E-state index contributed by atoms with van der Waals surface area (Å²) in [6.45, 7) is 3.63. The third-order valence-corrected chi connectivity index (χ3v) is 2.03. The molecule has 0 aliphatic rings. The van der Waals surface area contributed by atoms with E-state index in [2.05, 4.69) is 15.0 Å². The van der Waals surface area contributed by atoms with Gasteiger partial charge in [-0.1, -0.05) is 5.11 Å². The summed E-state index contributed by atoms with van der Waals surface area (Å²) in [5.41, 5.74) is 11.1. The van der Waals surface area contributed by atoms with E-state index in [0.29, 0.717) is 0 Å². The maximum atomic E-state index is 9.00. The molecule has 1 aromatic rings. The normalized spacial score (nSPS) is 12.2. The van der Waals surface area contributed by atoms with Crippen molar-refractivity contribution in [3.05, 3.63) is 33.5 Å². The molecule has 0 amide bonds. The molecule has 0 aliphatic heterocycles. The Morgan fingerprint density at radius 2 is 2.38 bits per heavy atom. The summed E-state index contributed by atoms with van der Waals surface area (Å²) in [5, 5.41) is 12.5. The first-order valence-corrected chi connectivity index (χ1v) is 4.00. The van der Waals surface area contributed by atoms with Crippen molar-refractivity contribution in [1.82, 2.24) is 4.98 Å². The zero-order chi connectivity index (χ0) is 9.84. The van der Waals surface area contributed by atoms with Crippen molar-refractivity contribution in [3.8, 4) is 0 Å². The van der Waals surface area contributed by atoms with E-state index < -0.39 is 6.04 Å². The summed E-state index contributed by atoms with van der Waals surface area (Å²) in [7, 11) is 0. The molecule has 0 bridgehead atoms. The van der Waals surface area contributed by atoms with Crippen molar-refractivity contribution >= 4 is 0 Å². The van der Waals surface area contributed by atoms with E-state index in [1.807, 2.05) is 20.0 Å². The third kappa shape index (κ3) is 1.83. The molecule has 0 saturated carbocycles. The Bertz CT molecular complexity index is 318. The summed E-state index contributed by atoms with van der Waals surface area (Å²) in [6.07, 6.45) is 1.83. The monoisotopic (exact) mass is 180 g/mol. The lowest BCUT2D eigenvalue weighted by Crippen LogP contribution is -2.02. The second kappa shape index (κ2) is 3.98. The summed E-state index contributed by atoms with van der Waals surface area (Å²) in [6, 6.07) is -0.476. The lowest BCUT2D eigenvalue weighted by atomic mass is 10.1. The average molecular weight is 180 g/mol. The fourth-order valence-electron chi connectivity index (χ4n) is 1.43. The van der Waals surface area contributed by atoms with Gasteiger partial charge in [-0.25, -0.2) is 0 Å². The van der Waals surface area contributed by atoms with Gasteiger partial charge in [0.2, 0.25) is 0 Å². The van der Waals surface area contributed by atoms with Crippen molar-refractivity contribution in [1.29, 1.82) is 0 Å². The first kappa shape index (κ1) is 9.64. The number of hydrogen-bond donors (Lipinski definition) is 2. The smallest absolute Gasteiger partial charge is 0.0876 e. The Morgan fingerprint density at radius 1 is 1.69 bits per heavy atom. The van der Waals surface area contributed by atoms with Crippen molar-refractivity contribution in [3.63, 3.8) is 0 Å². The minimum Gasteiger partial charge on any atom is -0.396 e. The van der Waals surface area contributed by atoms with E-state index in [1.165, 1.54) is 0 Å². The molecule has 1 rings (SSSR count). The predicted molar refractivity (Wildman–Crippen MR) is 49.2 cm³/mol. The Balaban J connectivity index is 3.09. The topological polar surface area (TPSA) is 84.8 Å². The molecule has 0 saturated heterocycles. The van der Waals surface area contributed by atoms with Gasteiger partial charge in [0, 0.05) is 16.8 Å². The van der Waals surface area contributed by atoms with Crippen LogP contribution in [0.4, 0.5) is 0 Å². The fraction of sp³-hybridized carbons (Fsp3) is 0.500. The van der Waals surface area contributed by atoms with Gasteiger partial charge in [-0.15, -0.1) is 0 Å². The molecule has 5 heteroatoms. The second-order valence-corrected chi connectivity index (χ2v) is 2.91. The first-order valence-electron chi connectivity index (χ1n) is 4.00. The molecule has 0 spiro atoms. The number of nitrogens with zero attached hydrogens (tertiary/aromatic N) is 3. The number of aromatic amines is 1. The fourth-order valence-corrected chi connectivity index (χ4v) is 1.43. The van der Waals surface area contributed by atoms with Gasteiger partial charge < -0.3 is 10.1 Å². The predicted octanol–water partition coefficient (Wildman–Crippen LogP) is 1.98. The highest BCUT2D eigenvalue weighted by Crippen LogP contribution is 2.24. The second-order valence-electron chi connectivity index (χ2n) is 2.91. The summed E-state index contributed by atoms with van der Waals surface area (Å²) >= 11 is 0. The highest BCUT2D eigenvalue weighted by Gasteiger charge is 2.14. The largest absolute Gasteiger partial charge is 0.396 e.